The number of aromatic amines is 1. The van der Waals surface area contributed by atoms with Gasteiger partial charge in [-0.3, -0.25) is 19.1 Å². The molecule has 32 heavy (non-hydrogen) atoms. The van der Waals surface area contributed by atoms with E-state index in [1.807, 2.05) is 4.57 Å². The van der Waals surface area contributed by atoms with Gasteiger partial charge in [0.25, 0.3) is 5.56 Å². The van der Waals surface area contributed by atoms with Crippen molar-refractivity contribution < 1.29 is 4.79 Å². The fourth-order valence-corrected chi connectivity index (χ4v) is 4.73. The molecule has 1 aliphatic carbocycles. The van der Waals surface area contributed by atoms with Crippen LogP contribution in [-0.4, -0.2) is 31.1 Å². The molecule has 1 saturated carbocycles. The van der Waals surface area contributed by atoms with Gasteiger partial charge in [0.1, 0.15) is 5.82 Å². The molecule has 8 heteroatoms. The molecule has 1 aliphatic rings. The predicted octanol–water partition coefficient (Wildman–Crippen LogP) is 3.50. The number of unbranched alkanes of at least 4 members (excludes halogenated alkanes) is 3. The van der Waals surface area contributed by atoms with Crippen LogP contribution in [0.15, 0.2) is 9.59 Å². The number of amides is 1. The number of imidazole rings is 1. The van der Waals surface area contributed by atoms with Gasteiger partial charge in [0.15, 0.2) is 11.2 Å². The van der Waals surface area contributed by atoms with Crippen LogP contribution >= 0.6 is 0 Å². The summed E-state index contributed by atoms with van der Waals surface area (Å²) in [5, 5.41) is 3.21. The molecule has 2 unspecified atom stereocenters. The maximum atomic E-state index is 12.7. The van der Waals surface area contributed by atoms with E-state index in [1.54, 1.807) is 4.57 Å². The molecule has 0 spiro atoms. The number of nitrogens with one attached hydrogen (secondary N) is 2. The van der Waals surface area contributed by atoms with E-state index in [-0.39, 0.29) is 11.9 Å². The van der Waals surface area contributed by atoms with Crippen LogP contribution in [0, 0.1) is 5.92 Å². The summed E-state index contributed by atoms with van der Waals surface area (Å²) in [7, 11) is 0. The highest BCUT2D eigenvalue weighted by atomic mass is 16.2. The Balaban J connectivity index is 1.86. The average Bonchev–Trinajstić information content (AvgIpc) is 3.13. The molecular formula is C24H39N5O3. The molecule has 0 aromatic carbocycles. The minimum atomic E-state index is -0.412. The van der Waals surface area contributed by atoms with Crippen molar-refractivity contribution in [3.05, 3.63) is 26.7 Å². The first-order chi connectivity index (χ1) is 15.5. The number of rotatable bonds is 11. The molecule has 0 radical (unpaired) electrons. The summed E-state index contributed by atoms with van der Waals surface area (Å²) in [6.45, 7) is 7.59. The molecule has 2 N–H and O–H groups in total. The number of aryl methyl sites for hydroxylation is 3. The first-order valence-electron chi connectivity index (χ1n) is 12.5. The topological polar surface area (TPSA) is 102 Å². The number of hydrogen-bond acceptors (Lipinski definition) is 4. The zero-order chi connectivity index (χ0) is 23.1. The molecule has 0 bridgehead atoms. The van der Waals surface area contributed by atoms with Gasteiger partial charge in [-0.25, -0.2) is 9.78 Å². The van der Waals surface area contributed by atoms with Crippen LogP contribution in [-0.2, 0) is 24.3 Å². The number of carbonyl (C=O) groups excluding carboxylic acids is 1. The van der Waals surface area contributed by atoms with Gasteiger partial charge < -0.3 is 9.88 Å². The first kappa shape index (κ1) is 24.3. The first-order valence-corrected chi connectivity index (χ1v) is 12.5. The molecular weight excluding hydrogens is 406 g/mol. The molecule has 3 rings (SSSR count). The van der Waals surface area contributed by atoms with Crippen LogP contribution in [0.2, 0.25) is 0 Å². The average molecular weight is 446 g/mol. The van der Waals surface area contributed by atoms with Crippen molar-refractivity contribution in [3.63, 3.8) is 0 Å². The Kier molecular flexibility index (Phi) is 8.70. The summed E-state index contributed by atoms with van der Waals surface area (Å²) >= 11 is 0. The molecule has 8 nitrogen and oxygen atoms in total. The van der Waals surface area contributed by atoms with Crippen LogP contribution in [0.4, 0.5) is 0 Å². The molecule has 1 amide bonds. The Morgan fingerprint density at radius 1 is 1.06 bits per heavy atom. The number of H-pyrrole nitrogens is 1. The Hall–Kier alpha value is -2.38. The van der Waals surface area contributed by atoms with Crippen molar-refractivity contribution in [2.45, 2.75) is 111 Å². The van der Waals surface area contributed by atoms with Gasteiger partial charge in [0, 0.05) is 32.0 Å². The fourth-order valence-electron chi connectivity index (χ4n) is 4.73. The van der Waals surface area contributed by atoms with Crippen molar-refractivity contribution in [2.75, 3.05) is 0 Å². The van der Waals surface area contributed by atoms with Crippen LogP contribution in [0.25, 0.3) is 11.2 Å². The predicted molar refractivity (Wildman–Crippen MR) is 127 cm³/mol. The molecule has 2 atom stereocenters. The molecule has 0 saturated heterocycles. The molecule has 2 heterocycles. The number of nitrogens with zero attached hydrogens (tertiary/aromatic N) is 3. The number of fused-ring (bicyclic) bond motifs is 1. The van der Waals surface area contributed by atoms with Gasteiger partial charge in [-0.2, -0.15) is 0 Å². The monoisotopic (exact) mass is 445 g/mol. The van der Waals surface area contributed by atoms with E-state index in [4.69, 9.17) is 4.98 Å². The second kappa shape index (κ2) is 11.5. The molecule has 2 aromatic rings. The molecule has 1 fully saturated rings. The molecule has 0 aliphatic heterocycles. The lowest BCUT2D eigenvalue weighted by Crippen LogP contribution is -2.41. The summed E-state index contributed by atoms with van der Waals surface area (Å²) in [6.07, 6.45) is 10.2. The van der Waals surface area contributed by atoms with Crippen molar-refractivity contribution in [1.82, 2.24) is 24.4 Å². The maximum absolute atomic E-state index is 12.7. The highest BCUT2D eigenvalue weighted by molar-refractivity contribution is 5.77. The maximum Gasteiger partial charge on any atom is 0.330 e. The zero-order valence-corrected chi connectivity index (χ0v) is 19.9. The third-order valence-electron chi connectivity index (χ3n) is 6.72. The van der Waals surface area contributed by atoms with Gasteiger partial charge in [0.2, 0.25) is 5.91 Å². The SMILES string of the molecule is CCCCCn1c(CCC(=O)NC2CCCCC2C)nc2c1c(=O)[nH]c(=O)n2CCCC. The summed E-state index contributed by atoms with van der Waals surface area (Å²) in [4.78, 5) is 45.0. The lowest BCUT2D eigenvalue weighted by atomic mass is 9.86. The van der Waals surface area contributed by atoms with E-state index in [1.165, 1.54) is 12.8 Å². The number of aromatic nitrogens is 4. The number of carbonyl (C=O) groups is 1. The van der Waals surface area contributed by atoms with Crippen molar-refractivity contribution >= 4 is 17.1 Å². The van der Waals surface area contributed by atoms with Gasteiger partial charge in [0.05, 0.1) is 0 Å². The van der Waals surface area contributed by atoms with E-state index in [0.717, 1.165) is 44.9 Å². The largest absolute Gasteiger partial charge is 0.353 e. The van der Waals surface area contributed by atoms with Crippen molar-refractivity contribution in [2.24, 2.45) is 5.92 Å². The number of hydrogen-bond donors (Lipinski definition) is 2. The van der Waals surface area contributed by atoms with Gasteiger partial charge in [-0.05, 0) is 31.6 Å². The third-order valence-corrected chi connectivity index (χ3v) is 6.72. The van der Waals surface area contributed by atoms with Gasteiger partial charge >= 0.3 is 5.69 Å². The van der Waals surface area contributed by atoms with Crippen LogP contribution in [0.5, 0.6) is 0 Å². The summed E-state index contributed by atoms with van der Waals surface area (Å²) in [5.41, 5.74) is 0.0892. The van der Waals surface area contributed by atoms with E-state index < -0.39 is 11.2 Å². The lowest BCUT2D eigenvalue weighted by Gasteiger charge is -2.29. The highest BCUT2D eigenvalue weighted by Gasteiger charge is 2.23. The second-order valence-corrected chi connectivity index (χ2v) is 9.26. The quantitative estimate of drug-likeness (QED) is 0.517. The van der Waals surface area contributed by atoms with Crippen LogP contribution in [0.1, 0.15) is 90.8 Å². The minimum Gasteiger partial charge on any atom is -0.353 e. The van der Waals surface area contributed by atoms with E-state index >= 15 is 0 Å². The van der Waals surface area contributed by atoms with Crippen molar-refractivity contribution in [1.29, 1.82) is 0 Å². The summed E-state index contributed by atoms with van der Waals surface area (Å²) in [5.74, 6) is 1.26. The summed E-state index contributed by atoms with van der Waals surface area (Å²) in [6, 6.07) is 0.252. The molecule has 2 aromatic heterocycles. The molecule has 178 valence electrons. The van der Waals surface area contributed by atoms with Crippen LogP contribution < -0.4 is 16.6 Å². The summed E-state index contributed by atoms with van der Waals surface area (Å²) < 4.78 is 3.51. The Labute approximate surface area is 189 Å². The Bertz CT molecular complexity index is 1020. The van der Waals surface area contributed by atoms with E-state index in [2.05, 4.69) is 31.1 Å². The minimum absolute atomic E-state index is 0.0354. The van der Waals surface area contributed by atoms with Crippen LogP contribution in [0.3, 0.4) is 0 Å². The Morgan fingerprint density at radius 3 is 2.50 bits per heavy atom. The van der Waals surface area contributed by atoms with Gasteiger partial charge in [-0.1, -0.05) is 52.9 Å². The van der Waals surface area contributed by atoms with E-state index in [9.17, 15) is 14.4 Å². The second-order valence-electron chi connectivity index (χ2n) is 9.26. The third kappa shape index (κ3) is 5.70. The van der Waals surface area contributed by atoms with E-state index in [0.29, 0.717) is 48.8 Å². The Morgan fingerprint density at radius 2 is 1.78 bits per heavy atom. The zero-order valence-electron chi connectivity index (χ0n) is 19.9. The standard InChI is InChI=1S/C24H39N5O3/c1-4-6-10-16-28-19(13-14-20(30)25-18-12-9-8-11-17(18)3)26-22-21(28)23(31)27-24(32)29(22)15-7-5-2/h17-18H,4-16H2,1-3H3,(H,25,30)(H,27,31,32). The fraction of sp³-hybridized carbons (Fsp3) is 0.750. The highest BCUT2D eigenvalue weighted by Crippen LogP contribution is 2.24. The van der Waals surface area contributed by atoms with Crippen molar-refractivity contribution in [3.8, 4) is 0 Å². The smallest absolute Gasteiger partial charge is 0.330 e. The lowest BCUT2D eigenvalue weighted by molar-refractivity contribution is -0.122. The van der Waals surface area contributed by atoms with Gasteiger partial charge in [-0.15, -0.1) is 0 Å². The normalized spacial score (nSPS) is 18.8.